The average Bonchev–Trinajstić information content (AvgIpc) is 2.81. The van der Waals surface area contributed by atoms with Gasteiger partial charge in [-0.2, -0.15) is 0 Å². The molecule has 1 heterocycles. The fourth-order valence-electron chi connectivity index (χ4n) is 1.28. The summed E-state index contributed by atoms with van der Waals surface area (Å²) < 4.78 is 5.35. The van der Waals surface area contributed by atoms with E-state index in [2.05, 4.69) is 30.9 Å². The number of aromatic carboxylic acids is 1. The van der Waals surface area contributed by atoms with Crippen LogP contribution in [0.4, 0.5) is 5.69 Å². The Morgan fingerprint density at radius 2 is 1.94 bits per heavy atom. The van der Waals surface area contributed by atoms with Gasteiger partial charge in [0, 0.05) is 10.2 Å². The summed E-state index contributed by atoms with van der Waals surface area (Å²) in [5.74, 6) is -1.90. The van der Waals surface area contributed by atoms with Gasteiger partial charge in [0.25, 0.3) is 5.91 Å². The van der Waals surface area contributed by atoms with Crippen LogP contribution in [0.3, 0.4) is 0 Å². The van der Waals surface area contributed by atoms with Crippen molar-refractivity contribution in [3.8, 4) is 0 Å². The quantitative estimate of drug-likeness (QED) is 0.908. The first kappa shape index (κ1) is 12.3. The molecule has 1 amide bonds. The summed E-state index contributed by atoms with van der Waals surface area (Å²) in [6, 6.07) is 6.83. The minimum atomic E-state index is -1.27. The van der Waals surface area contributed by atoms with Crippen LogP contribution in [0, 0.1) is 0 Å². The molecule has 0 aliphatic heterocycles. The van der Waals surface area contributed by atoms with Crippen LogP contribution in [-0.2, 0) is 0 Å². The summed E-state index contributed by atoms with van der Waals surface area (Å²) in [7, 11) is 0. The molecule has 2 rings (SSSR count). The second-order valence-electron chi connectivity index (χ2n) is 3.34. The number of nitrogens with one attached hydrogen (secondary N) is 1. The first-order valence-electron chi connectivity index (χ1n) is 4.82. The van der Waals surface area contributed by atoms with Crippen LogP contribution in [0.5, 0.6) is 0 Å². The third-order valence-electron chi connectivity index (χ3n) is 2.12. The molecule has 0 fully saturated rings. The normalized spacial score (nSPS) is 10.1. The number of benzene rings is 1. The highest BCUT2D eigenvalue weighted by molar-refractivity contribution is 9.10. The number of anilines is 1. The largest absolute Gasteiger partial charge is 0.477 e. The molecule has 0 bridgehead atoms. The number of amides is 1. The van der Waals surface area contributed by atoms with Crippen LogP contribution in [0.15, 0.2) is 39.5 Å². The molecule has 1 aromatic carbocycles. The molecule has 7 heteroatoms. The molecule has 6 nitrogen and oxygen atoms in total. The van der Waals surface area contributed by atoms with E-state index in [4.69, 9.17) is 5.11 Å². The molecule has 2 N–H and O–H groups in total. The van der Waals surface area contributed by atoms with Gasteiger partial charge in [-0.3, -0.25) is 4.79 Å². The van der Waals surface area contributed by atoms with Crippen LogP contribution >= 0.6 is 15.9 Å². The minimum Gasteiger partial charge on any atom is -0.477 e. The Morgan fingerprint density at radius 1 is 1.28 bits per heavy atom. The van der Waals surface area contributed by atoms with E-state index in [1.807, 2.05) is 0 Å². The van der Waals surface area contributed by atoms with Gasteiger partial charge in [-0.15, -0.1) is 0 Å². The second kappa shape index (κ2) is 5.01. The minimum absolute atomic E-state index is 0.259. The number of halogens is 1. The van der Waals surface area contributed by atoms with E-state index in [-0.39, 0.29) is 11.3 Å². The maximum absolute atomic E-state index is 11.8. The fraction of sp³-hybridized carbons (Fsp3) is 0. The predicted octanol–water partition coefficient (Wildman–Crippen LogP) is 2.39. The summed E-state index contributed by atoms with van der Waals surface area (Å²) in [5, 5.41) is 14.7. The summed E-state index contributed by atoms with van der Waals surface area (Å²) in [5.41, 5.74) is -0.00225. The van der Waals surface area contributed by atoms with Gasteiger partial charge in [-0.25, -0.2) is 4.79 Å². The first-order chi connectivity index (χ1) is 8.58. The fourth-order valence-corrected chi connectivity index (χ4v) is 1.54. The van der Waals surface area contributed by atoms with Crippen molar-refractivity contribution in [2.45, 2.75) is 0 Å². The second-order valence-corrected chi connectivity index (χ2v) is 4.26. The topological polar surface area (TPSA) is 92.4 Å². The molecule has 0 unspecified atom stereocenters. The Kier molecular flexibility index (Phi) is 3.42. The van der Waals surface area contributed by atoms with Crippen molar-refractivity contribution >= 4 is 33.5 Å². The van der Waals surface area contributed by atoms with E-state index >= 15 is 0 Å². The van der Waals surface area contributed by atoms with Crippen LogP contribution in [-0.4, -0.2) is 22.1 Å². The van der Waals surface area contributed by atoms with Crippen molar-refractivity contribution in [1.82, 2.24) is 5.16 Å². The zero-order valence-electron chi connectivity index (χ0n) is 8.88. The molecule has 0 aliphatic carbocycles. The number of hydrogen-bond acceptors (Lipinski definition) is 4. The van der Waals surface area contributed by atoms with E-state index in [9.17, 15) is 9.59 Å². The SMILES string of the molecule is O=C(O)c1conc1C(=O)Nc1ccc(Br)cc1. The van der Waals surface area contributed by atoms with E-state index in [1.165, 1.54) is 0 Å². The van der Waals surface area contributed by atoms with Crippen LogP contribution < -0.4 is 5.32 Å². The lowest BCUT2D eigenvalue weighted by molar-refractivity contribution is 0.0692. The Balaban J connectivity index is 2.19. The molecule has 92 valence electrons. The van der Waals surface area contributed by atoms with Crippen molar-refractivity contribution in [3.05, 3.63) is 46.3 Å². The van der Waals surface area contributed by atoms with E-state index in [0.717, 1.165) is 10.7 Å². The monoisotopic (exact) mass is 310 g/mol. The zero-order valence-corrected chi connectivity index (χ0v) is 10.5. The van der Waals surface area contributed by atoms with E-state index in [1.54, 1.807) is 24.3 Å². The van der Waals surface area contributed by atoms with Gasteiger partial charge in [-0.1, -0.05) is 21.1 Å². The van der Waals surface area contributed by atoms with Crippen molar-refractivity contribution in [3.63, 3.8) is 0 Å². The summed E-state index contributed by atoms with van der Waals surface area (Å²) >= 11 is 3.26. The Morgan fingerprint density at radius 3 is 2.56 bits per heavy atom. The highest BCUT2D eigenvalue weighted by atomic mass is 79.9. The van der Waals surface area contributed by atoms with Crippen LogP contribution in [0.2, 0.25) is 0 Å². The Hall–Kier alpha value is -2.15. The lowest BCUT2D eigenvalue weighted by atomic mass is 10.2. The molecular weight excluding hydrogens is 304 g/mol. The molecule has 18 heavy (non-hydrogen) atoms. The van der Waals surface area contributed by atoms with Crippen molar-refractivity contribution < 1.29 is 19.2 Å². The van der Waals surface area contributed by atoms with Crippen LogP contribution in [0.25, 0.3) is 0 Å². The molecular formula is C11H7BrN2O4. The summed E-state index contributed by atoms with van der Waals surface area (Å²) in [6.45, 7) is 0. The first-order valence-corrected chi connectivity index (χ1v) is 5.62. The summed E-state index contributed by atoms with van der Waals surface area (Å²) in [4.78, 5) is 22.6. The highest BCUT2D eigenvalue weighted by Gasteiger charge is 2.21. The molecule has 1 aromatic heterocycles. The van der Waals surface area contributed by atoms with E-state index < -0.39 is 11.9 Å². The average molecular weight is 311 g/mol. The predicted molar refractivity (Wildman–Crippen MR) is 65.6 cm³/mol. The molecule has 0 aliphatic rings. The standard InChI is InChI=1S/C11H7BrN2O4/c12-6-1-3-7(4-2-6)13-10(15)9-8(11(16)17)5-18-14-9/h1-5H,(H,13,15)(H,16,17). The van der Waals surface area contributed by atoms with Crippen molar-refractivity contribution in [2.75, 3.05) is 5.32 Å². The number of hydrogen-bond donors (Lipinski definition) is 2. The molecule has 0 saturated carbocycles. The number of carbonyl (C=O) groups is 2. The molecule has 2 aromatic rings. The van der Waals surface area contributed by atoms with E-state index in [0.29, 0.717) is 5.69 Å². The zero-order chi connectivity index (χ0) is 13.1. The van der Waals surface area contributed by atoms with Crippen LogP contribution in [0.1, 0.15) is 20.8 Å². The highest BCUT2D eigenvalue weighted by Crippen LogP contribution is 2.15. The number of carboxylic acids is 1. The number of nitrogens with zero attached hydrogens (tertiary/aromatic N) is 1. The Bertz CT molecular complexity index is 591. The van der Waals surface area contributed by atoms with Crippen molar-refractivity contribution in [1.29, 1.82) is 0 Å². The van der Waals surface area contributed by atoms with Gasteiger partial charge < -0.3 is 14.9 Å². The number of carboxylic acid groups (broad SMARTS) is 1. The number of rotatable bonds is 3. The van der Waals surface area contributed by atoms with Gasteiger partial charge in [0.1, 0.15) is 11.8 Å². The molecule has 0 saturated heterocycles. The molecule has 0 spiro atoms. The lowest BCUT2D eigenvalue weighted by Gasteiger charge is -2.03. The maximum atomic E-state index is 11.8. The van der Waals surface area contributed by atoms with Gasteiger partial charge >= 0.3 is 5.97 Å². The third-order valence-corrected chi connectivity index (χ3v) is 2.65. The lowest BCUT2D eigenvalue weighted by Crippen LogP contribution is -2.15. The smallest absolute Gasteiger partial charge is 0.341 e. The van der Waals surface area contributed by atoms with Gasteiger partial charge in [0.2, 0.25) is 0 Å². The van der Waals surface area contributed by atoms with Crippen molar-refractivity contribution in [2.24, 2.45) is 0 Å². The molecule has 0 atom stereocenters. The van der Waals surface area contributed by atoms with Gasteiger partial charge in [0.15, 0.2) is 5.69 Å². The number of aromatic nitrogens is 1. The Labute approximate surface area is 110 Å². The summed E-state index contributed by atoms with van der Waals surface area (Å²) in [6.07, 6.45) is 0.916. The molecule has 0 radical (unpaired) electrons. The third kappa shape index (κ3) is 2.57. The van der Waals surface area contributed by atoms with Gasteiger partial charge in [-0.05, 0) is 24.3 Å². The maximum Gasteiger partial charge on any atom is 0.341 e. The van der Waals surface area contributed by atoms with Gasteiger partial charge in [0.05, 0.1) is 0 Å². The number of carbonyl (C=O) groups excluding carboxylic acids is 1.